The predicted octanol–water partition coefficient (Wildman–Crippen LogP) is 8.41. The maximum atomic E-state index is 6.70. The number of aromatic nitrogens is 1. The van der Waals surface area contributed by atoms with E-state index in [2.05, 4.69) is 101 Å². The second kappa shape index (κ2) is 7.69. The van der Waals surface area contributed by atoms with Crippen molar-refractivity contribution in [2.75, 3.05) is 7.05 Å². The molecule has 0 saturated heterocycles. The van der Waals surface area contributed by atoms with Crippen molar-refractivity contribution in [2.24, 2.45) is 4.99 Å². The van der Waals surface area contributed by atoms with E-state index in [1.54, 1.807) is 0 Å². The van der Waals surface area contributed by atoms with Gasteiger partial charge in [-0.1, -0.05) is 84.9 Å². The normalized spacial score (nSPS) is 16.3. The Hall–Kier alpha value is -4.65. The number of thiophene rings is 1. The average Bonchev–Trinajstić information content (AvgIpc) is 3.73. The number of hydrogen-bond donors (Lipinski definition) is 1. The largest absolute Gasteiger partial charge is 0.455 e. The van der Waals surface area contributed by atoms with Gasteiger partial charge in [0.05, 0.1) is 16.4 Å². The molecule has 186 valence electrons. The number of hydrogen-bond acceptors (Lipinski definition) is 5. The molecule has 0 saturated carbocycles. The number of rotatable bonds is 2. The fourth-order valence-electron chi connectivity index (χ4n) is 6.30. The van der Waals surface area contributed by atoms with Crippen molar-refractivity contribution in [1.29, 1.82) is 0 Å². The second-order valence-electron chi connectivity index (χ2n) is 10.1. The molecule has 0 radical (unpaired) electrons. The molecule has 0 amide bonds. The van der Waals surface area contributed by atoms with Gasteiger partial charge in [0.1, 0.15) is 17.0 Å². The van der Waals surface area contributed by atoms with Gasteiger partial charge in [-0.25, -0.2) is 4.99 Å². The highest BCUT2D eigenvalue weighted by molar-refractivity contribution is 7.27. The summed E-state index contributed by atoms with van der Waals surface area (Å²) in [5.41, 5.74) is 8.74. The van der Waals surface area contributed by atoms with Crippen LogP contribution in [0.4, 0.5) is 0 Å². The van der Waals surface area contributed by atoms with Gasteiger partial charge in [0.15, 0.2) is 0 Å². The molecule has 6 heteroatoms. The van der Waals surface area contributed by atoms with Crippen LogP contribution in [0.2, 0.25) is 0 Å². The van der Waals surface area contributed by atoms with E-state index in [0.717, 1.165) is 44.4 Å². The lowest BCUT2D eigenvalue weighted by molar-refractivity contribution is 0.187. The first-order valence-electron chi connectivity index (χ1n) is 13.1. The third kappa shape index (κ3) is 2.79. The Morgan fingerprint density at radius 1 is 0.744 bits per heavy atom. The summed E-state index contributed by atoms with van der Waals surface area (Å²) in [6, 6.07) is 36.1. The molecule has 1 aliphatic heterocycles. The van der Waals surface area contributed by atoms with Crippen LogP contribution in [0.5, 0.6) is 0 Å². The average molecular weight is 523 g/mol. The Labute approximate surface area is 227 Å². The van der Waals surface area contributed by atoms with Crippen molar-refractivity contribution >= 4 is 81.1 Å². The molecule has 1 N–H and O–H groups in total. The number of hydrazine groups is 1. The topological polar surface area (TPSA) is 45.7 Å². The molecule has 1 aliphatic rings. The SMILES string of the molecule is CN1NC(c2ccccc2)=NC1n1c2ccccc2c2c3oc4ccccc4c3c3sc4ccccc4c3c21. The fraction of sp³-hybridized carbons (Fsp3) is 0.0606. The quantitative estimate of drug-likeness (QED) is 0.248. The van der Waals surface area contributed by atoms with Crippen LogP contribution in [0.15, 0.2) is 113 Å². The molecule has 5 aromatic carbocycles. The van der Waals surface area contributed by atoms with Gasteiger partial charge in [-0.2, -0.15) is 5.01 Å². The van der Waals surface area contributed by atoms with Gasteiger partial charge < -0.3 is 8.98 Å². The van der Waals surface area contributed by atoms with Gasteiger partial charge in [-0.3, -0.25) is 5.43 Å². The lowest BCUT2D eigenvalue weighted by Crippen LogP contribution is -2.36. The third-order valence-electron chi connectivity index (χ3n) is 7.94. The predicted molar refractivity (Wildman–Crippen MR) is 163 cm³/mol. The summed E-state index contributed by atoms with van der Waals surface area (Å²) in [4.78, 5) is 5.24. The zero-order valence-electron chi connectivity index (χ0n) is 21.1. The maximum Gasteiger partial charge on any atom is 0.201 e. The Kier molecular flexibility index (Phi) is 4.20. The first kappa shape index (κ1) is 21.3. The summed E-state index contributed by atoms with van der Waals surface area (Å²) in [5.74, 6) is 0.866. The van der Waals surface area contributed by atoms with Crippen molar-refractivity contribution in [3.05, 3.63) is 109 Å². The summed E-state index contributed by atoms with van der Waals surface area (Å²) in [6.45, 7) is 0. The first-order chi connectivity index (χ1) is 19.3. The number of para-hydroxylation sites is 2. The molecule has 8 aromatic rings. The van der Waals surface area contributed by atoms with Crippen molar-refractivity contribution < 1.29 is 4.42 Å². The molecule has 5 nitrogen and oxygen atoms in total. The van der Waals surface area contributed by atoms with Crippen LogP contribution < -0.4 is 5.43 Å². The number of nitrogens with one attached hydrogen (secondary N) is 1. The Balaban J connectivity index is 1.52. The van der Waals surface area contributed by atoms with Gasteiger partial charge in [0, 0.05) is 48.9 Å². The van der Waals surface area contributed by atoms with Crippen LogP contribution >= 0.6 is 11.3 Å². The molecule has 0 spiro atoms. The van der Waals surface area contributed by atoms with Crippen molar-refractivity contribution in [3.63, 3.8) is 0 Å². The minimum atomic E-state index is -0.272. The lowest BCUT2D eigenvalue weighted by Gasteiger charge is -2.21. The van der Waals surface area contributed by atoms with E-state index in [9.17, 15) is 0 Å². The van der Waals surface area contributed by atoms with Gasteiger partial charge in [-0.05, 0) is 18.2 Å². The smallest absolute Gasteiger partial charge is 0.201 e. The number of furan rings is 1. The fourth-order valence-corrected chi connectivity index (χ4v) is 7.56. The van der Waals surface area contributed by atoms with Crippen molar-refractivity contribution in [2.45, 2.75) is 6.29 Å². The summed E-state index contributed by atoms with van der Waals surface area (Å²) in [6.07, 6.45) is -0.272. The van der Waals surface area contributed by atoms with Gasteiger partial charge in [-0.15, -0.1) is 11.3 Å². The highest BCUT2D eigenvalue weighted by Gasteiger charge is 2.31. The van der Waals surface area contributed by atoms with E-state index in [0.29, 0.717) is 0 Å². The van der Waals surface area contributed by atoms with Crippen LogP contribution in [0.1, 0.15) is 11.9 Å². The minimum Gasteiger partial charge on any atom is -0.455 e. The van der Waals surface area contributed by atoms with Crippen molar-refractivity contribution in [3.8, 4) is 0 Å². The molecule has 0 fully saturated rings. The molecule has 9 rings (SSSR count). The summed E-state index contributed by atoms with van der Waals surface area (Å²) in [5, 5.41) is 9.29. The number of fused-ring (bicyclic) bond motifs is 12. The lowest BCUT2D eigenvalue weighted by atomic mass is 10.0. The van der Waals surface area contributed by atoms with Crippen LogP contribution in [0, 0.1) is 0 Å². The molecule has 3 aromatic heterocycles. The van der Waals surface area contributed by atoms with Crippen molar-refractivity contribution in [1.82, 2.24) is 15.0 Å². The Morgan fingerprint density at radius 2 is 1.46 bits per heavy atom. The molecule has 1 unspecified atom stereocenters. The maximum absolute atomic E-state index is 6.70. The molecule has 0 aliphatic carbocycles. The molecule has 0 bridgehead atoms. The van der Waals surface area contributed by atoms with E-state index in [-0.39, 0.29) is 6.29 Å². The van der Waals surface area contributed by atoms with Crippen LogP contribution in [-0.2, 0) is 0 Å². The number of aliphatic imine (C=N–C) groups is 1. The van der Waals surface area contributed by atoms with Crippen LogP contribution in [0.25, 0.3) is 63.9 Å². The van der Waals surface area contributed by atoms with E-state index in [1.165, 1.54) is 30.9 Å². The molecule has 1 atom stereocenters. The monoisotopic (exact) mass is 522 g/mol. The van der Waals surface area contributed by atoms with Gasteiger partial charge >= 0.3 is 0 Å². The number of amidine groups is 1. The molecule has 4 heterocycles. The summed E-state index contributed by atoms with van der Waals surface area (Å²) >= 11 is 1.85. The van der Waals surface area contributed by atoms with E-state index >= 15 is 0 Å². The third-order valence-corrected chi connectivity index (χ3v) is 9.13. The van der Waals surface area contributed by atoms with E-state index in [4.69, 9.17) is 9.41 Å². The zero-order chi connectivity index (χ0) is 25.7. The van der Waals surface area contributed by atoms with E-state index in [1.807, 2.05) is 35.6 Å². The number of nitrogens with zero attached hydrogens (tertiary/aromatic N) is 3. The standard InChI is InChI=1S/C33H22N4OS/c1-36-33(34-32(35-36)19-11-3-2-4-12-19)37-23-16-8-5-13-20(23)26-29(37)27-22-15-7-10-18-25(22)39-31(27)28-21-14-6-9-17-24(21)38-30(26)28/h2-18,33H,1H3,(H,34,35). The highest BCUT2D eigenvalue weighted by Crippen LogP contribution is 2.50. The summed E-state index contributed by atoms with van der Waals surface area (Å²) < 4.78 is 11.6. The Bertz CT molecular complexity index is 2260. The van der Waals surface area contributed by atoms with Gasteiger partial charge in [0.25, 0.3) is 0 Å². The molecule has 39 heavy (non-hydrogen) atoms. The second-order valence-corrected chi connectivity index (χ2v) is 11.2. The van der Waals surface area contributed by atoms with E-state index < -0.39 is 0 Å². The Morgan fingerprint density at radius 3 is 2.33 bits per heavy atom. The molecular formula is C33H22N4OS. The number of benzene rings is 5. The molecular weight excluding hydrogens is 500 g/mol. The van der Waals surface area contributed by atoms with Crippen LogP contribution in [0.3, 0.4) is 0 Å². The zero-order valence-corrected chi connectivity index (χ0v) is 21.9. The minimum absolute atomic E-state index is 0.272. The first-order valence-corrected chi connectivity index (χ1v) is 13.9. The van der Waals surface area contributed by atoms with Crippen LogP contribution in [-0.4, -0.2) is 22.5 Å². The highest BCUT2D eigenvalue weighted by atomic mass is 32.1. The van der Waals surface area contributed by atoms with Gasteiger partial charge in [0.2, 0.25) is 6.29 Å². The summed E-state index contributed by atoms with van der Waals surface area (Å²) in [7, 11) is 2.06.